The normalized spacial score (nSPS) is 18.6. The highest BCUT2D eigenvalue weighted by atomic mass is 16.5. The molecule has 0 saturated heterocycles. The number of ether oxygens (including phenoxy) is 1. The Labute approximate surface area is 117 Å². The Morgan fingerprint density at radius 3 is 2.32 bits per heavy atom. The second-order valence-electron chi connectivity index (χ2n) is 6.25. The highest BCUT2D eigenvalue weighted by Crippen LogP contribution is 2.42. The smallest absolute Gasteiger partial charge is 0.125 e. The summed E-state index contributed by atoms with van der Waals surface area (Å²) in [5.41, 5.74) is 10.4. The van der Waals surface area contributed by atoms with Crippen molar-refractivity contribution in [2.75, 3.05) is 7.11 Å². The number of benzene rings is 1. The fourth-order valence-electron chi connectivity index (χ4n) is 3.44. The molecule has 0 bridgehead atoms. The Balaban J connectivity index is 2.56. The summed E-state index contributed by atoms with van der Waals surface area (Å²) in [5.74, 6) is 1.47. The Hall–Kier alpha value is -1.02. The Bertz CT molecular complexity index is 445. The molecule has 1 saturated carbocycles. The first-order chi connectivity index (χ1) is 8.99. The summed E-state index contributed by atoms with van der Waals surface area (Å²) in [4.78, 5) is 0. The van der Waals surface area contributed by atoms with Crippen molar-refractivity contribution in [3.63, 3.8) is 0 Å². The van der Waals surface area contributed by atoms with Gasteiger partial charge in [-0.25, -0.2) is 0 Å². The van der Waals surface area contributed by atoms with E-state index in [1.54, 1.807) is 7.11 Å². The molecule has 0 radical (unpaired) electrons. The Morgan fingerprint density at radius 1 is 1.16 bits per heavy atom. The van der Waals surface area contributed by atoms with Crippen LogP contribution in [0.4, 0.5) is 0 Å². The van der Waals surface area contributed by atoms with E-state index in [0.29, 0.717) is 5.92 Å². The van der Waals surface area contributed by atoms with Crippen molar-refractivity contribution in [1.82, 2.24) is 0 Å². The van der Waals surface area contributed by atoms with E-state index >= 15 is 0 Å². The molecular weight excluding hydrogens is 234 g/mol. The van der Waals surface area contributed by atoms with Crippen LogP contribution in [0, 0.1) is 6.92 Å². The van der Waals surface area contributed by atoms with Crippen LogP contribution < -0.4 is 10.5 Å². The van der Waals surface area contributed by atoms with Crippen molar-refractivity contribution >= 4 is 0 Å². The van der Waals surface area contributed by atoms with E-state index in [2.05, 4.69) is 32.9 Å². The lowest BCUT2D eigenvalue weighted by Crippen LogP contribution is -2.39. The maximum atomic E-state index is 6.74. The number of aryl methyl sites for hydroxylation is 1. The molecule has 1 aromatic rings. The van der Waals surface area contributed by atoms with Crippen LogP contribution in [0.25, 0.3) is 0 Å². The summed E-state index contributed by atoms with van der Waals surface area (Å²) in [6, 6.07) is 4.39. The molecule has 0 aromatic heterocycles. The van der Waals surface area contributed by atoms with Gasteiger partial charge < -0.3 is 10.5 Å². The van der Waals surface area contributed by atoms with Crippen molar-refractivity contribution in [3.8, 4) is 5.75 Å². The molecule has 0 spiro atoms. The van der Waals surface area contributed by atoms with Crippen LogP contribution in [0.15, 0.2) is 12.1 Å². The second-order valence-corrected chi connectivity index (χ2v) is 6.25. The average molecular weight is 261 g/mol. The fraction of sp³-hybridized carbons (Fsp3) is 0.647. The molecule has 1 fully saturated rings. The molecule has 0 unspecified atom stereocenters. The monoisotopic (exact) mass is 261 g/mol. The first-order valence-corrected chi connectivity index (χ1v) is 7.46. The quantitative estimate of drug-likeness (QED) is 0.883. The molecule has 19 heavy (non-hydrogen) atoms. The largest absolute Gasteiger partial charge is 0.496 e. The highest BCUT2D eigenvalue weighted by Gasteiger charge is 2.33. The molecule has 2 rings (SSSR count). The van der Waals surface area contributed by atoms with Gasteiger partial charge in [-0.3, -0.25) is 0 Å². The van der Waals surface area contributed by atoms with Gasteiger partial charge in [-0.2, -0.15) is 0 Å². The molecule has 2 N–H and O–H groups in total. The maximum absolute atomic E-state index is 6.74. The van der Waals surface area contributed by atoms with Gasteiger partial charge in [0, 0.05) is 11.1 Å². The summed E-state index contributed by atoms with van der Waals surface area (Å²) >= 11 is 0. The van der Waals surface area contributed by atoms with Crippen LogP contribution in [0.3, 0.4) is 0 Å². The van der Waals surface area contributed by atoms with Crippen LogP contribution in [-0.2, 0) is 5.54 Å². The number of nitrogens with two attached hydrogens (primary N) is 1. The highest BCUT2D eigenvalue weighted by molar-refractivity contribution is 5.50. The van der Waals surface area contributed by atoms with E-state index in [1.165, 1.54) is 36.0 Å². The van der Waals surface area contributed by atoms with Crippen LogP contribution >= 0.6 is 0 Å². The van der Waals surface area contributed by atoms with Crippen LogP contribution in [0.5, 0.6) is 5.75 Å². The summed E-state index contributed by atoms with van der Waals surface area (Å²) < 4.78 is 5.66. The van der Waals surface area contributed by atoms with E-state index in [-0.39, 0.29) is 5.54 Å². The van der Waals surface area contributed by atoms with E-state index in [9.17, 15) is 0 Å². The minimum atomic E-state index is -0.154. The molecule has 0 amide bonds. The van der Waals surface area contributed by atoms with Crippen molar-refractivity contribution in [1.29, 1.82) is 0 Å². The fourth-order valence-corrected chi connectivity index (χ4v) is 3.44. The van der Waals surface area contributed by atoms with Gasteiger partial charge in [0.1, 0.15) is 5.75 Å². The Kier molecular flexibility index (Phi) is 4.19. The molecular formula is C17H27NO. The van der Waals surface area contributed by atoms with E-state index in [1.807, 2.05) is 0 Å². The molecule has 2 nitrogen and oxygen atoms in total. The summed E-state index contributed by atoms with van der Waals surface area (Å²) in [5, 5.41) is 0. The van der Waals surface area contributed by atoms with E-state index in [0.717, 1.165) is 18.6 Å². The third kappa shape index (κ3) is 2.64. The van der Waals surface area contributed by atoms with Gasteiger partial charge >= 0.3 is 0 Å². The van der Waals surface area contributed by atoms with Crippen LogP contribution in [-0.4, -0.2) is 7.11 Å². The number of hydrogen-bond donors (Lipinski definition) is 1. The number of rotatable bonds is 3. The van der Waals surface area contributed by atoms with Crippen LogP contribution in [0.1, 0.15) is 68.6 Å². The summed E-state index contributed by atoms with van der Waals surface area (Å²) in [6.45, 7) is 6.57. The Morgan fingerprint density at radius 2 is 1.79 bits per heavy atom. The molecule has 1 aromatic carbocycles. The minimum absolute atomic E-state index is 0.154. The van der Waals surface area contributed by atoms with Crippen molar-refractivity contribution in [3.05, 3.63) is 28.8 Å². The summed E-state index contributed by atoms with van der Waals surface area (Å²) in [6.07, 6.45) is 5.99. The topological polar surface area (TPSA) is 35.2 Å². The molecule has 106 valence electrons. The van der Waals surface area contributed by atoms with Gasteiger partial charge in [0.2, 0.25) is 0 Å². The molecule has 1 aliphatic rings. The van der Waals surface area contributed by atoms with E-state index in [4.69, 9.17) is 10.5 Å². The third-order valence-electron chi connectivity index (χ3n) is 4.46. The molecule has 0 aliphatic heterocycles. The number of hydrogen-bond acceptors (Lipinski definition) is 2. The third-order valence-corrected chi connectivity index (χ3v) is 4.46. The van der Waals surface area contributed by atoms with Crippen molar-refractivity contribution in [2.45, 2.75) is 64.3 Å². The van der Waals surface area contributed by atoms with Gasteiger partial charge in [0.05, 0.1) is 7.11 Å². The van der Waals surface area contributed by atoms with Crippen molar-refractivity contribution in [2.24, 2.45) is 5.73 Å². The molecule has 0 heterocycles. The lowest BCUT2D eigenvalue weighted by molar-refractivity contribution is 0.297. The zero-order chi connectivity index (χ0) is 14.0. The lowest BCUT2D eigenvalue weighted by Gasteiger charge is -2.37. The molecule has 0 atom stereocenters. The van der Waals surface area contributed by atoms with Crippen molar-refractivity contribution < 1.29 is 4.74 Å². The SMILES string of the molecule is COc1c(C)ccc(C2(N)CCCCC2)c1C(C)C. The second kappa shape index (κ2) is 5.54. The predicted molar refractivity (Wildman–Crippen MR) is 80.8 cm³/mol. The average Bonchev–Trinajstić information content (AvgIpc) is 2.38. The molecule has 2 heteroatoms. The molecule has 1 aliphatic carbocycles. The van der Waals surface area contributed by atoms with E-state index < -0.39 is 0 Å². The summed E-state index contributed by atoms with van der Waals surface area (Å²) in [7, 11) is 1.77. The van der Waals surface area contributed by atoms with Crippen LogP contribution in [0.2, 0.25) is 0 Å². The standard InChI is InChI=1S/C17H27NO/c1-12(2)15-14(9-8-13(3)16(15)19-4)17(18)10-6-5-7-11-17/h8-9,12H,5-7,10-11,18H2,1-4H3. The van der Waals surface area contributed by atoms with Gasteiger partial charge in [-0.05, 0) is 36.8 Å². The first kappa shape index (κ1) is 14.4. The van der Waals surface area contributed by atoms with Gasteiger partial charge in [-0.1, -0.05) is 45.2 Å². The maximum Gasteiger partial charge on any atom is 0.125 e. The first-order valence-electron chi connectivity index (χ1n) is 7.46. The zero-order valence-electron chi connectivity index (χ0n) is 12.8. The number of methoxy groups -OCH3 is 1. The van der Waals surface area contributed by atoms with Gasteiger partial charge in [0.15, 0.2) is 0 Å². The predicted octanol–water partition coefficient (Wildman–Crippen LogP) is 4.25. The zero-order valence-corrected chi connectivity index (χ0v) is 12.8. The lowest BCUT2D eigenvalue weighted by atomic mass is 9.73. The van der Waals surface area contributed by atoms with Gasteiger partial charge in [0.25, 0.3) is 0 Å². The minimum Gasteiger partial charge on any atom is -0.496 e. The van der Waals surface area contributed by atoms with Gasteiger partial charge in [-0.15, -0.1) is 0 Å².